The number of rotatable bonds is 3. The van der Waals surface area contributed by atoms with Gasteiger partial charge in [-0.25, -0.2) is 5.84 Å². The van der Waals surface area contributed by atoms with E-state index in [-0.39, 0.29) is 11.3 Å². The number of nitrogens with two attached hydrogens (primary N) is 3. The van der Waals surface area contributed by atoms with E-state index in [4.69, 9.17) is 22.2 Å². The Kier molecular flexibility index (Phi) is 4.05. The number of ether oxygens (including phenoxy) is 1. The fourth-order valence-corrected chi connectivity index (χ4v) is 3.81. The van der Waals surface area contributed by atoms with Crippen LogP contribution in [0.4, 0.5) is 5.69 Å². The standard InChI is InChI=1S/C20H23N5O/c21-17-12-14(20(8-9-20)19(24-22)25-23)11-16-15(7-4-10-26-18(16)17)13-5-2-1-3-6-13/h1-7,11-12,15H,8-10,21-23H2,(H,24,25). The van der Waals surface area contributed by atoms with Crippen molar-refractivity contribution in [2.24, 2.45) is 16.8 Å². The van der Waals surface area contributed by atoms with Crippen LogP contribution in [-0.4, -0.2) is 12.4 Å². The lowest BCUT2D eigenvalue weighted by Gasteiger charge is -2.23. The molecule has 6 heteroatoms. The van der Waals surface area contributed by atoms with E-state index in [1.807, 2.05) is 30.3 Å². The quantitative estimate of drug-likeness (QED) is 0.169. The van der Waals surface area contributed by atoms with Crippen LogP contribution >= 0.6 is 0 Å². The summed E-state index contributed by atoms with van der Waals surface area (Å²) >= 11 is 0. The molecule has 0 bridgehead atoms. The van der Waals surface area contributed by atoms with Crippen LogP contribution < -0.4 is 27.6 Å². The molecule has 134 valence electrons. The minimum Gasteiger partial charge on any atom is -0.487 e. The molecule has 1 aliphatic carbocycles. The third-order valence-corrected chi connectivity index (χ3v) is 5.31. The highest BCUT2D eigenvalue weighted by molar-refractivity contribution is 5.95. The van der Waals surface area contributed by atoms with E-state index in [1.54, 1.807) is 0 Å². The molecule has 1 atom stereocenters. The number of anilines is 1. The van der Waals surface area contributed by atoms with Crippen LogP contribution in [0.25, 0.3) is 0 Å². The minimum absolute atomic E-state index is 0.0795. The molecule has 2 aliphatic rings. The van der Waals surface area contributed by atoms with Gasteiger partial charge in [0, 0.05) is 11.5 Å². The van der Waals surface area contributed by atoms with Crippen molar-refractivity contribution in [3.8, 4) is 5.75 Å². The highest BCUT2D eigenvalue weighted by Crippen LogP contribution is 2.51. The highest BCUT2D eigenvalue weighted by Gasteiger charge is 2.50. The third-order valence-electron chi connectivity index (χ3n) is 5.31. The molecule has 4 rings (SSSR count). The normalized spacial score (nSPS) is 20.7. The van der Waals surface area contributed by atoms with Crippen LogP contribution in [0, 0.1) is 0 Å². The first-order chi connectivity index (χ1) is 12.7. The molecular formula is C20H23N5O. The molecular weight excluding hydrogens is 326 g/mol. The molecule has 2 aromatic carbocycles. The lowest BCUT2D eigenvalue weighted by atomic mass is 9.85. The van der Waals surface area contributed by atoms with Gasteiger partial charge in [0.2, 0.25) is 0 Å². The molecule has 26 heavy (non-hydrogen) atoms. The van der Waals surface area contributed by atoms with Gasteiger partial charge >= 0.3 is 0 Å². The summed E-state index contributed by atoms with van der Waals surface area (Å²) in [5, 5.41) is 3.85. The lowest BCUT2D eigenvalue weighted by molar-refractivity contribution is 0.364. The Morgan fingerprint density at radius 2 is 1.96 bits per heavy atom. The maximum atomic E-state index is 6.38. The number of allylic oxidation sites excluding steroid dienone is 1. The first kappa shape index (κ1) is 16.5. The molecule has 0 radical (unpaired) electrons. The van der Waals surface area contributed by atoms with Crippen LogP contribution in [0.1, 0.15) is 35.4 Å². The van der Waals surface area contributed by atoms with E-state index >= 15 is 0 Å². The summed E-state index contributed by atoms with van der Waals surface area (Å²) in [5.41, 5.74) is 12.7. The van der Waals surface area contributed by atoms with Gasteiger partial charge in [-0.3, -0.25) is 0 Å². The Bertz CT molecular complexity index is 871. The predicted octanol–water partition coefficient (Wildman–Crippen LogP) is 2.12. The molecule has 1 fully saturated rings. The number of nitrogens with zero attached hydrogens (tertiary/aromatic N) is 1. The number of fused-ring (bicyclic) bond motifs is 1. The zero-order valence-corrected chi connectivity index (χ0v) is 14.5. The van der Waals surface area contributed by atoms with E-state index < -0.39 is 0 Å². The number of hydrogen-bond acceptors (Lipinski definition) is 5. The van der Waals surface area contributed by atoms with Gasteiger partial charge in [-0.1, -0.05) is 42.5 Å². The lowest BCUT2D eigenvalue weighted by Crippen LogP contribution is -2.40. The third kappa shape index (κ3) is 2.59. The van der Waals surface area contributed by atoms with Crippen molar-refractivity contribution in [1.82, 2.24) is 5.43 Å². The highest BCUT2D eigenvalue weighted by atomic mass is 16.5. The number of nitrogens with one attached hydrogen (secondary N) is 1. The predicted molar refractivity (Wildman–Crippen MR) is 104 cm³/mol. The average Bonchev–Trinajstić information content (AvgIpc) is 3.48. The van der Waals surface area contributed by atoms with Crippen LogP contribution in [0.5, 0.6) is 5.75 Å². The van der Waals surface area contributed by atoms with Crippen molar-refractivity contribution in [3.63, 3.8) is 0 Å². The second kappa shape index (κ2) is 6.38. The SMILES string of the molecule is N/N=C(\NN)C1(c2cc(N)c3c(c2)C(c2ccccc2)C=CCO3)CC1. The molecule has 0 spiro atoms. The van der Waals surface area contributed by atoms with Gasteiger partial charge in [0.1, 0.15) is 18.2 Å². The fraction of sp³-hybridized carbons (Fsp3) is 0.250. The monoisotopic (exact) mass is 349 g/mol. The molecule has 1 unspecified atom stereocenters. The average molecular weight is 349 g/mol. The molecule has 6 nitrogen and oxygen atoms in total. The molecule has 7 N–H and O–H groups in total. The molecule has 1 saturated carbocycles. The van der Waals surface area contributed by atoms with Gasteiger partial charge < -0.3 is 21.7 Å². The largest absolute Gasteiger partial charge is 0.487 e. The van der Waals surface area contributed by atoms with Gasteiger partial charge in [-0.2, -0.15) is 5.10 Å². The van der Waals surface area contributed by atoms with Crippen molar-refractivity contribution in [1.29, 1.82) is 0 Å². The molecule has 1 aliphatic heterocycles. The van der Waals surface area contributed by atoms with Gasteiger partial charge in [-0.15, -0.1) is 0 Å². The summed E-state index contributed by atoms with van der Waals surface area (Å²) in [4.78, 5) is 0. The van der Waals surface area contributed by atoms with Gasteiger partial charge in [-0.05, 0) is 36.1 Å². The maximum Gasteiger partial charge on any atom is 0.146 e. The summed E-state index contributed by atoms with van der Waals surface area (Å²) in [6, 6.07) is 14.5. The van der Waals surface area contributed by atoms with Crippen molar-refractivity contribution in [3.05, 3.63) is 71.3 Å². The number of hydrazone groups is 1. The van der Waals surface area contributed by atoms with E-state index in [1.165, 1.54) is 5.56 Å². The van der Waals surface area contributed by atoms with Crippen LogP contribution in [0.3, 0.4) is 0 Å². The second-order valence-electron chi connectivity index (χ2n) is 6.82. The van der Waals surface area contributed by atoms with Crippen LogP contribution in [0.15, 0.2) is 59.7 Å². The summed E-state index contributed by atoms with van der Waals surface area (Å²) in [7, 11) is 0. The van der Waals surface area contributed by atoms with Crippen molar-refractivity contribution >= 4 is 11.5 Å². The number of nitrogen functional groups attached to an aromatic ring is 1. The first-order valence-corrected chi connectivity index (χ1v) is 8.73. The summed E-state index contributed by atoms with van der Waals surface area (Å²) in [5.74, 6) is 12.6. The van der Waals surface area contributed by atoms with Crippen molar-refractivity contribution in [2.75, 3.05) is 12.3 Å². The second-order valence-corrected chi connectivity index (χ2v) is 6.82. The van der Waals surface area contributed by atoms with Crippen molar-refractivity contribution in [2.45, 2.75) is 24.2 Å². The maximum absolute atomic E-state index is 6.38. The summed E-state index contributed by atoms with van der Waals surface area (Å²) < 4.78 is 5.93. The van der Waals surface area contributed by atoms with E-state index in [0.717, 1.165) is 29.7 Å². The van der Waals surface area contributed by atoms with Crippen molar-refractivity contribution < 1.29 is 4.74 Å². The molecule has 0 saturated heterocycles. The van der Waals surface area contributed by atoms with E-state index in [0.29, 0.717) is 18.1 Å². The van der Waals surface area contributed by atoms with E-state index in [2.05, 4.69) is 34.8 Å². The van der Waals surface area contributed by atoms with Crippen LogP contribution in [0.2, 0.25) is 0 Å². The van der Waals surface area contributed by atoms with Gasteiger partial charge in [0.15, 0.2) is 0 Å². The Morgan fingerprint density at radius 3 is 2.62 bits per heavy atom. The molecule has 1 heterocycles. The summed E-state index contributed by atoms with van der Waals surface area (Å²) in [6.07, 6.45) is 6.07. The van der Waals surface area contributed by atoms with Gasteiger partial charge in [0.05, 0.1) is 11.1 Å². The Labute approximate surface area is 152 Å². The number of hydrogen-bond donors (Lipinski definition) is 4. The first-order valence-electron chi connectivity index (χ1n) is 8.73. The minimum atomic E-state index is -0.288. The number of amidine groups is 1. The molecule has 0 aromatic heterocycles. The fourth-order valence-electron chi connectivity index (χ4n) is 3.81. The molecule has 2 aromatic rings. The zero-order chi connectivity index (χ0) is 18.1. The zero-order valence-electron chi connectivity index (χ0n) is 14.5. The van der Waals surface area contributed by atoms with E-state index in [9.17, 15) is 0 Å². The van der Waals surface area contributed by atoms with Crippen LogP contribution in [-0.2, 0) is 5.41 Å². The summed E-state index contributed by atoms with van der Waals surface area (Å²) in [6.45, 7) is 0.505. The Hall–Kier alpha value is -2.99. The van der Waals surface area contributed by atoms with Gasteiger partial charge in [0.25, 0.3) is 0 Å². The number of hydrazine groups is 1. The smallest absolute Gasteiger partial charge is 0.146 e. The molecule has 0 amide bonds. The Morgan fingerprint density at radius 1 is 1.19 bits per heavy atom. The number of benzene rings is 2. The Balaban J connectivity index is 1.86. The topological polar surface area (TPSA) is 112 Å².